The van der Waals surface area contributed by atoms with Gasteiger partial charge in [0.05, 0.1) is 0 Å². The van der Waals surface area contributed by atoms with E-state index in [-0.39, 0.29) is 11.1 Å². The highest BCUT2D eigenvalue weighted by molar-refractivity contribution is 6.17. The Morgan fingerprint density at radius 1 is 1.31 bits per heavy atom. The number of hydrogen-bond acceptors (Lipinski definition) is 2. The molecule has 0 saturated carbocycles. The van der Waals surface area contributed by atoms with Crippen LogP contribution in [-0.4, -0.2) is 15.7 Å². The highest BCUT2D eigenvalue weighted by Crippen LogP contribution is 1.92. The molecule has 0 aliphatic rings. The molecule has 0 unspecified atom stereocenters. The van der Waals surface area contributed by atoms with Crippen LogP contribution < -0.4 is 11.1 Å². The third-order valence-corrected chi connectivity index (χ3v) is 1.92. The predicted molar refractivity (Wildman–Crippen MR) is 51.3 cm³/mol. The molecule has 0 amide bonds. The number of aromatic nitrogens is 2. The fourth-order valence-corrected chi connectivity index (χ4v) is 1.18. The zero-order chi connectivity index (χ0) is 9.68. The Morgan fingerprint density at radius 3 is 2.77 bits per heavy atom. The van der Waals surface area contributed by atoms with E-state index in [1.165, 1.54) is 16.8 Å². The van der Waals surface area contributed by atoms with Gasteiger partial charge in [-0.05, 0) is 12.8 Å². The molecule has 72 valence electrons. The van der Waals surface area contributed by atoms with E-state index in [4.69, 9.17) is 11.6 Å². The first-order valence-corrected chi connectivity index (χ1v) is 4.63. The minimum atomic E-state index is -0.259. The highest BCUT2D eigenvalue weighted by atomic mass is 35.5. The molecule has 13 heavy (non-hydrogen) atoms. The molecule has 0 radical (unpaired) electrons. The molecule has 1 heterocycles. The van der Waals surface area contributed by atoms with Gasteiger partial charge in [-0.15, -0.1) is 11.6 Å². The van der Waals surface area contributed by atoms with Gasteiger partial charge in [0, 0.05) is 24.6 Å². The Morgan fingerprint density at radius 2 is 2.08 bits per heavy atom. The van der Waals surface area contributed by atoms with Gasteiger partial charge < -0.3 is 0 Å². The Bertz CT molecular complexity index is 369. The summed E-state index contributed by atoms with van der Waals surface area (Å²) < 4.78 is 1.30. The lowest BCUT2D eigenvalue weighted by atomic mass is 10.3. The van der Waals surface area contributed by atoms with Gasteiger partial charge in [0.1, 0.15) is 0 Å². The normalized spacial score (nSPS) is 10.2. The Balaban J connectivity index is 2.70. The lowest BCUT2D eigenvalue weighted by molar-refractivity contribution is 0.537. The quantitative estimate of drug-likeness (QED) is 0.573. The lowest BCUT2D eigenvalue weighted by Gasteiger charge is -2.02. The first-order valence-electron chi connectivity index (χ1n) is 4.10. The second-order valence-electron chi connectivity index (χ2n) is 2.70. The maximum atomic E-state index is 11.1. The average molecular weight is 203 g/mol. The van der Waals surface area contributed by atoms with Gasteiger partial charge in [-0.25, -0.2) is 0 Å². The zero-order valence-electron chi connectivity index (χ0n) is 7.12. The summed E-state index contributed by atoms with van der Waals surface area (Å²) in [5.74, 6) is 0.575. The van der Waals surface area contributed by atoms with Crippen molar-refractivity contribution < 1.29 is 0 Å². The van der Waals surface area contributed by atoms with Gasteiger partial charge in [0.25, 0.3) is 11.1 Å². The lowest BCUT2D eigenvalue weighted by Crippen LogP contribution is -2.27. The van der Waals surface area contributed by atoms with Crippen LogP contribution in [0.25, 0.3) is 0 Å². The number of nitrogens with zero attached hydrogens (tertiary/aromatic N) is 1. The summed E-state index contributed by atoms with van der Waals surface area (Å²) in [6, 6.07) is 2.49. The molecule has 0 fully saturated rings. The Hall–Kier alpha value is -1.03. The molecule has 0 aromatic carbocycles. The summed E-state index contributed by atoms with van der Waals surface area (Å²) >= 11 is 5.48. The van der Waals surface area contributed by atoms with Gasteiger partial charge >= 0.3 is 0 Å². The molecule has 0 aliphatic carbocycles. The monoisotopic (exact) mass is 202 g/mol. The van der Waals surface area contributed by atoms with E-state index >= 15 is 0 Å². The van der Waals surface area contributed by atoms with Crippen molar-refractivity contribution in [3.8, 4) is 0 Å². The van der Waals surface area contributed by atoms with E-state index in [2.05, 4.69) is 5.10 Å². The summed E-state index contributed by atoms with van der Waals surface area (Å²) in [6.45, 7) is 0.516. The minimum Gasteiger partial charge on any atom is -0.268 e. The Labute approximate surface area is 80.1 Å². The summed E-state index contributed by atoms with van der Waals surface area (Å²) in [5, 5.41) is 2.44. The van der Waals surface area contributed by atoms with Crippen molar-refractivity contribution in [1.82, 2.24) is 9.78 Å². The van der Waals surface area contributed by atoms with Crippen molar-refractivity contribution in [2.45, 2.75) is 19.4 Å². The smallest absolute Gasteiger partial charge is 0.265 e. The molecule has 4 nitrogen and oxygen atoms in total. The standard InChI is InChI=1S/C8H11ClN2O2/c9-5-1-2-6-11-8(13)4-3-7(12)10-11/h3-4H,1-2,5-6H2,(H,10,12). The van der Waals surface area contributed by atoms with Crippen LogP contribution in [0.3, 0.4) is 0 Å². The average Bonchev–Trinajstić information content (AvgIpc) is 2.11. The van der Waals surface area contributed by atoms with Gasteiger partial charge in [0.15, 0.2) is 0 Å². The van der Waals surface area contributed by atoms with Crippen molar-refractivity contribution in [3.05, 3.63) is 32.8 Å². The second-order valence-corrected chi connectivity index (χ2v) is 3.07. The molecule has 1 rings (SSSR count). The maximum absolute atomic E-state index is 11.1. The molecule has 1 aromatic heterocycles. The molecule has 0 aliphatic heterocycles. The van der Waals surface area contributed by atoms with Crippen LogP contribution in [0, 0.1) is 0 Å². The fraction of sp³-hybridized carbons (Fsp3) is 0.500. The number of rotatable bonds is 4. The molecule has 1 N–H and O–H groups in total. The molecule has 0 spiro atoms. The minimum absolute atomic E-state index is 0.186. The van der Waals surface area contributed by atoms with Crippen LogP contribution in [0.2, 0.25) is 0 Å². The number of halogens is 1. The van der Waals surface area contributed by atoms with Gasteiger partial charge in [-0.2, -0.15) is 0 Å². The summed E-state index contributed by atoms with van der Waals surface area (Å²) in [5.41, 5.74) is -0.445. The van der Waals surface area contributed by atoms with E-state index < -0.39 is 0 Å². The summed E-state index contributed by atoms with van der Waals surface area (Å²) in [4.78, 5) is 22.0. The molecule has 0 atom stereocenters. The van der Waals surface area contributed by atoms with Crippen molar-refractivity contribution in [1.29, 1.82) is 0 Å². The number of alkyl halides is 1. The molecule has 0 bridgehead atoms. The number of aromatic amines is 1. The molecule has 5 heteroatoms. The summed E-state index contributed by atoms with van der Waals surface area (Å²) in [6.07, 6.45) is 1.63. The second kappa shape index (κ2) is 4.87. The van der Waals surface area contributed by atoms with Gasteiger partial charge in [-0.1, -0.05) is 0 Å². The molecule has 0 saturated heterocycles. The van der Waals surface area contributed by atoms with E-state index in [9.17, 15) is 9.59 Å². The number of H-pyrrole nitrogens is 1. The van der Waals surface area contributed by atoms with Crippen LogP contribution in [0.15, 0.2) is 21.7 Å². The van der Waals surface area contributed by atoms with Crippen LogP contribution >= 0.6 is 11.6 Å². The van der Waals surface area contributed by atoms with E-state index in [1.54, 1.807) is 0 Å². The van der Waals surface area contributed by atoms with Crippen molar-refractivity contribution >= 4 is 11.6 Å². The van der Waals surface area contributed by atoms with E-state index in [0.717, 1.165) is 12.8 Å². The maximum Gasteiger partial charge on any atom is 0.265 e. The zero-order valence-corrected chi connectivity index (χ0v) is 7.88. The van der Waals surface area contributed by atoms with Crippen LogP contribution in [0.4, 0.5) is 0 Å². The van der Waals surface area contributed by atoms with Gasteiger partial charge in [0.2, 0.25) is 0 Å². The van der Waals surface area contributed by atoms with E-state index in [0.29, 0.717) is 12.4 Å². The van der Waals surface area contributed by atoms with E-state index in [1.807, 2.05) is 0 Å². The fourth-order valence-electron chi connectivity index (χ4n) is 0.993. The summed E-state index contributed by atoms with van der Waals surface area (Å²) in [7, 11) is 0. The van der Waals surface area contributed by atoms with Crippen LogP contribution in [0.1, 0.15) is 12.8 Å². The topological polar surface area (TPSA) is 54.9 Å². The van der Waals surface area contributed by atoms with Crippen LogP contribution in [0.5, 0.6) is 0 Å². The van der Waals surface area contributed by atoms with Crippen molar-refractivity contribution in [2.24, 2.45) is 0 Å². The largest absolute Gasteiger partial charge is 0.268 e. The first kappa shape index (κ1) is 10.1. The van der Waals surface area contributed by atoms with Crippen LogP contribution in [-0.2, 0) is 6.54 Å². The van der Waals surface area contributed by atoms with Crippen molar-refractivity contribution in [2.75, 3.05) is 5.88 Å². The molecular formula is C8H11ClN2O2. The number of hydrogen-bond donors (Lipinski definition) is 1. The number of aryl methyl sites for hydroxylation is 1. The third-order valence-electron chi connectivity index (χ3n) is 1.65. The first-order chi connectivity index (χ1) is 6.24. The van der Waals surface area contributed by atoms with Gasteiger partial charge in [-0.3, -0.25) is 19.4 Å². The SMILES string of the molecule is O=c1ccc(=O)n(CCCCCl)[nH]1. The third kappa shape index (κ3) is 3.06. The molecule has 1 aromatic rings. The molecular weight excluding hydrogens is 192 g/mol. The predicted octanol–water partition coefficient (Wildman–Crippen LogP) is 0.556. The van der Waals surface area contributed by atoms with Crippen molar-refractivity contribution in [3.63, 3.8) is 0 Å². The highest BCUT2D eigenvalue weighted by Gasteiger charge is 1.95. The number of unbranched alkanes of at least 4 members (excludes halogenated alkanes) is 1. The Kier molecular flexibility index (Phi) is 3.76. The number of nitrogens with one attached hydrogen (secondary N) is 1.